The number of nitro groups is 1. The summed E-state index contributed by atoms with van der Waals surface area (Å²) < 4.78 is 10.5. The fourth-order valence-electron chi connectivity index (χ4n) is 1.78. The van der Waals surface area contributed by atoms with Gasteiger partial charge >= 0.3 is 0 Å². The third-order valence-electron chi connectivity index (χ3n) is 2.78. The summed E-state index contributed by atoms with van der Waals surface area (Å²) in [5, 5.41) is 13.9. The van der Waals surface area contributed by atoms with E-state index >= 15 is 0 Å². The van der Waals surface area contributed by atoms with Crippen molar-refractivity contribution < 1.29 is 14.1 Å². The van der Waals surface area contributed by atoms with E-state index in [4.69, 9.17) is 9.15 Å². The smallest absolute Gasteiger partial charge is 0.298 e. The summed E-state index contributed by atoms with van der Waals surface area (Å²) in [5.41, 5.74) is 0.584. The van der Waals surface area contributed by atoms with Crippen LogP contribution < -0.4 is 5.32 Å². The molecule has 1 atom stereocenters. The molecule has 0 saturated heterocycles. The molecule has 0 aliphatic rings. The Morgan fingerprint density at radius 2 is 2.37 bits per heavy atom. The van der Waals surface area contributed by atoms with Crippen LogP contribution in [0.5, 0.6) is 0 Å². The number of hydrogen-bond donors (Lipinski definition) is 1. The summed E-state index contributed by atoms with van der Waals surface area (Å²) >= 11 is 0. The highest BCUT2D eigenvalue weighted by molar-refractivity contribution is 5.84. The Morgan fingerprint density at radius 3 is 3.00 bits per heavy atom. The summed E-state index contributed by atoms with van der Waals surface area (Å²) in [6.07, 6.45) is 0.828. The van der Waals surface area contributed by atoms with Crippen LogP contribution in [0, 0.1) is 10.1 Å². The molecule has 102 valence electrons. The van der Waals surface area contributed by atoms with Gasteiger partial charge in [-0.15, -0.1) is 0 Å². The molecular formula is C12H15N3O4. The van der Waals surface area contributed by atoms with Gasteiger partial charge in [-0.25, -0.2) is 0 Å². The first-order valence-corrected chi connectivity index (χ1v) is 5.95. The normalized spacial score (nSPS) is 12.5. The molecule has 2 rings (SSSR count). The van der Waals surface area contributed by atoms with Crippen molar-refractivity contribution in [2.24, 2.45) is 0 Å². The quantitative estimate of drug-likeness (QED) is 0.637. The predicted octanol–water partition coefficient (Wildman–Crippen LogP) is 2.57. The van der Waals surface area contributed by atoms with Crippen molar-refractivity contribution in [2.75, 3.05) is 19.0 Å². The number of para-hydroxylation sites is 1. The summed E-state index contributed by atoms with van der Waals surface area (Å²) in [7, 11) is 1.61. The molecule has 1 aromatic carbocycles. The third kappa shape index (κ3) is 2.82. The Bertz CT molecular complexity index is 581. The maximum absolute atomic E-state index is 10.9. The van der Waals surface area contributed by atoms with Crippen LogP contribution in [0.3, 0.4) is 0 Å². The van der Waals surface area contributed by atoms with E-state index in [0.717, 1.165) is 6.42 Å². The number of non-ortho nitro benzene ring substituents is 1. The lowest BCUT2D eigenvalue weighted by Gasteiger charge is -2.13. The van der Waals surface area contributed by atoms with Crippen LogP contribution >= 0.6 is 0 Å². The standard InChI is InChI=1S/C12H15N3O4/c1-3-8(7-18-2)13-12-14-11-9(15(16)17)5-4-6-10(11)19-12/h4-6,8H,3,7H2,1-2H3,(H,13,14). The number of hydrogen-bond acceptors (Lipinski definition) is 6. The Hall–Kier alpha value is -2.15. The minimum atomic E-state index is -0.471. The first kappa shape index (κ1) is 13.3. The highest BCUT2D eigenvalue weighted by Crippen LogP contribution is 2.27. The second-order valence-corrected chi connectivity index (χ2v) is 4.10. The molecule has 1 aromatic heterocycles. The number of rotatable bonds is 6. The van der Waals surface area contributed by atoms with Crippen molar-refractivity contribution in [1.82, 2.24) is 4.98 Å². The highest BCUT2D eigenvalue weighted by atomic mass is 16.6. The molecule has 0 amide bonds. The SMILES string of the molecule is CCC(COC)Nc1nc2c([N+](=O)[O-])cccc2o1. The van der Waals surface area contributed by atoms with E-state index in [2.05, 4.69) is 10.3 Å². The van der Waals surface area contributed by atoms with Gasteiger partial charge in [0.25, 0.3) is 11.7 Å². The summed E-state index contributed by atoms with van der Waals surface area (Å²) in [5.74, 6) is 0. The highest BCUT2D eigenvalue weighted by Gasteiger charge is 2.18. The average molecular weight is 265 g/mol. The van der Waals surface area contributed by atoms with Crippen molar-refractivity contribution in [3.05, 3.63) is 28.3 Å². The van der Waals surface area contributed by atoms with Crippen LogP contribution in [0.1, 0.15) is 13.3 Å². The first-order chi connectivity index (χ1) is 9.15. The van der Waals surface area contributed by atoms with Gasteiger partial charge < -0.3 is 14.5 Å². The largest absolute Gasteiger partial charge is 0.423 e. The lowest BCUT2D eigenvalue weighted by Crippen LogP contribution is -2.23. The van der Waals surface area contributed by atoms with Gasteiger partial charge in [0.05, 0.1) is 17.6 Å². The molecule has 1 heterocycles. The van der Waals surface area contributed by atoms with Crippen molar-refractivity contribution in [3.63, 3.8) is 0 Å². The van der Waals surface area contributed by atoms with E-state index in [0.29, 0.717) is 12.2 Å². The Balaban J connectivity index is 2.31. The second kappa shape index (κ2) is 5.66. The monoisotopic (exact) mass is 265 g/mol. The van der Waals surface area contributed by atoms with Crippen molar-refractivity contribution in [2.45, 2.75) is 19.4 Å². The molecule has 1 N–H and O–H groups in total. The van der Waals surface area contributed by atoms with Crippen LogP contribution in [0.2, 0.25) is 0 Å². The van der Waals surface area contributed by atoms with Crippen LogP contribution in [0.25, 0.3) is 11.1 Å². The van der Waals surface area contributed by atoms with Crippen LogP contribution in [-0.2, 0) is 4.74 Å². The molecule has 1 unspecified atom stereocenters. The summed E-state index contributed by atoms with van der Waals surface area (Å²) in [6, 6.07) is 4.95. The molecule has 7 nitrogen and oxygen atoms in total. The van der Waals surface area contributed by atoms with Crippen LogP contribution in [-0.4, -0.2) is 29.7 Å². The number of benzene rings is 1. The first-order valence-electron chi connectivity index (χ1n) is 5.95. The number of oxazole rings is 1. The van der Waals surface area contributed by atoms with Gasteiger partial charge in [0.2, 0.25) is 0 Å². The van der Waals surface area contributed by atoms with E-state index in [1.165, 1.54) is 6.07 Å². The Kier molecular flexibility index (Phi) is 3.96. The molecule has 0 radical (unpaired) electrons. The van der Waals surface area contributed by atoms with Gasteiger partial charge in [0.1, 0.15) is 0 Å². The average Bonchev–Trinajstić information content (AvgIpc) is 2.79. The number of anilines is 1. The maximum Gasteiger partial charge on any atom is 0.298 e. The number of methoxy groups -OCH3 is 1. The predicted molar refractivity (Wildman–Crippen MR) is 70.2 cm³/mol. The number of fused-ring (bicyclic) bond motifs is 1. The van der Waals surface area contributed by atoms with Gasteiger partial charge in [-0.05, 0) is 12.5 Å². The fraction of sp³-hybridized carbons (Fsp3) is 0.417. The number of ether oxygens (including phenoxy) is 1. The molecular weight excluding hydrogens is 250 g/mol. The van der Waals surface area contributed by atoms with Crippen LogP contribution in [0.4, 0.5) is 11.7 Å². The topological polar surface area (TPSA) is 90.4 Å². The van der Waals surface area contributed by atoms with Gasteiger partial charge in [-0.3, -0.25) is 10.1 Å². The van der Waals surface area contributed by atoms with E-state index < -0.39 is 4.92 Å². The van der Waals surface area contributed by atoms with E-state index in [9.17, 15) is 10.1 Å². The molecule has 0 bridgehead atoms. The number of nitrogens with one attached hydrogen (secondary N) is 1. The molecule has 0 spiro atoms. The lowest BCUT2D eigenvalue weighted by atomic mass is 10.2. The summed E-state index contributed by atoms with van der Waals surface area (Å²) in [6.45, 7) is 2.51. The Labute approximate surface area is 109 Å². The Morgan fingerprint density at radius 1 is 1.58 bits per heavy atom. The van der Waals surface area contributed by atoms with Crippen molar-refractivity contribution in [1.29, 1.82) is 0 Å². The molecule has 0 aliphatic carbocycles. The molecule has 0 aliphatic heterocycles. The maximum atomic E-state index is 10.9. The molecule has 7 heteroatoms. The van der Waals surface area contributed by atoms with Gasteiger partial charge in [-0.1, -0.05) is 13.0 Å². The summed E-state index contributed by atoms with van der Waals surface area (Å²) in [4.78, 5) is 14.5. The van der Waals surface area contributed by atoms with Gasteiger partial charge in [0.15, 0.2) is 11.1 Å². The second-order valence-electron chi connectivity index (χ2n) is 4.10. The number of aromatic nitrogens is 1. The minimum absolute atomic E-state index is 0.0529. The molecule has 0 fully saturated rings. The zero-order valence-electron chi connectivity index (χ0n) is 10.8. The van der Waals surface area contributed by atoms with Gasteiger partial charge in [-0.2, -0.15) is 4.98 Å². The van der Waals surface area contributed by atoms with Crippen LogP contribution in [0.15, 0.2) is 22.6 Å². The fourth-order valence-corrected chi connectivity index (χ4v) is 1.78. The number of nitro benzene ring substituents is 1. The molecule has 19 heavy (non-hydrogen) atoms. The zero-order chi connectivity index (χ0) is 13.8. The molecule has 2 aromatic rings. The van der Waals surface area contributed by atoms with Crippen molar-refractivity contribution in [3.8, 4) is 0 Å². The van der Waals surface area contributed by atoms with E-state index in [1.54, 1.807) is 19.2 Å². The van der Waals surface area contributed by atoms with E-state index in [-0.39, 0.29) is 23.3 Å². The number of nitrogens with zero attached hydrogens (tertiary/aromatic N) is 2. The molecule has 0 saturated carbocycles. The lowest BCUT2D eigenvalue weighted by molar-refractivity contribution is -0.383. The third-order valence-corrected chi connectivity index (χ3v) is 2.78. The van der Waals surface area contributed by atoms with Gasteiger partial charge in [0, 0.05) is 13.2 Å². The zero-order valence-corrected chi connectivity index (χ0v) is 10.8. The van der Waals surface area contributed by atoms with E-state index in [1.807, 2.05) is 6.92 Å². The van der Waals surface area contributed by atoms with Crippen molar-refractivity contribution >= 4 is 22.8 Å². The minimum Gasteiger partial charge on any atom is -0.423 e.